The molecule has 0 saturated heterocycles. The molecule has 0 unspecified atom stereocenters. The van der Waals surface area contributed by atoms with Gasteiger partial charge in [-0.25, -0.2) is 4.98 Å². The number of benzene rings is 1. The lowest BCUT2D eigenvalue weighted by atomic mass is 10.3. The lowest BCUT2D eigenvalue weighted by Gasteiger charge is -1.97. The number of rotatable bonds is 1. The van der Waals surface area contributed by atoms with Crippen LogP contribution in [0.5, 0.6) is 0 Å². The van der Waals surface area contributed by atoms with Gasteiger partial charge in [0.05, 0.1) is 14.5 Å². The van der Waals surface area contributed by atoms with Crippen LogP contribution >= 0.6 is 39.1 Å². The summed E-state index contributed by atoms with van der Waals surface area (Å²) in [5, 5.41) is 1.07. The van der Waals surface area contributed by atoms with Crippen molar-refractivity contribution in [2.75, 3.05) is 0 Å². The van der Waals surface area contributed by atoms with Gasteiger partial charge in [-0.1, -0.05) is 23.2 Å². The largest absolute Gasteiger partial charge is 0.440 e. The maximum Gasteiger partial charge on any atom is 0.198 e. The van der Waals surface area contributed by atoms with E-state index in [2.05, 4.69) is 20.9 Å². The van der Waals surface area contributed by atoms with E-state index in [1.807, 2.05) is 0 Å². The van der Waals surface area contributed by atoms with Gasteiger partial charge in [0.15, 0.2) is 11.5 Å². The lowest BCUT2D eigenvalue weighted by Crippen LogP contribution is -1.78. The van der Waals surface area contributed by atoms with E-state index in [-0.39, 0.29) is 0 Å². The minimum atomic E-state index is 0.478. The average molecular weight is 307 g/mol. The van der Waals surface area contributed by atoms with E-state index in [1.54, 1.807) is 6.07 Å². The predicted octanol–water partition coefficient (Wildman–Crippen LogP) is 4.77. The minimum Gasteiger partial charge on any atom is -0.440 e. The second kappa shape index (κ2) is 3.37. The maximum atomic E-state index is 6.12. The van der Waals surface area contributed by atoms with Crippen LogP contribution in [-0.2, 0) is 0 Å². The van der Waals surface area contributed by atoms with Crippen molar-refractivity contribution >= 4 is 50.2 Å². The first-order valence-corrected chi connectivity index (χ1v) is 6.15. The molecular formula is C10H6BrCl2NO. The molecule has 1 aromatic carbocycles. The van der Waals surface area contributed by atoms with Crippen molar-refractivity contribution in [3.05, 3.63) is 26.5 Å². The minimum absolute atomic E-state index is 0.478. The Kier molecular flexibility index (Phi) is 2.23. The molecule has 1 aliphatic carbocycles. The maximum absolute atomic E-state index is 6.12. The van der Waals surface area contributed by atoms with Gasteiger partial charge in [-0.15, -0.1) is 0 Å². The zero-order valence-electron chi connectivity index (χ0n) is 7.56. The van der Waals surface area contributed by atoms with Crippen LogP contribution < -0.4 is 0 Å². The van der Waals surface area contributed by atoms with E-state index in [1.165, 1.54) is 0 Å². The van der Waals surface area contributed by atoms with Crippen molar-refractivity contribution in [3.8, 4) is 0 Å². The number of oxazole rings is 1. The lowest BCUT2D eigenvalue weighted by molar-refractivity contribution is 0.533. The molecule has 1 heterocycles. The van der Waals surface area contributed by atoms with E-state index in [9.17, 15) is 0 Å². The third-order valence-corrected chi connectivity index (χ3v) is 4.41. The van der Waals surface area contributed by atoms with Crippen molar-refractivity contribution in [1.82, 2.24) is 4.98 Å². The number of halogens is 3. The fourth-order valence-corrected chi connectivity index (χ4v) is 2.28. The number of nitrogens with zero attached hydrogens (tertiary/aromatic N) is 1. The highest BCUT2D eigenvalue weighted by molar-refractivity contribution is 9.10. The Bertz CT molecular complexity index is 548. The summed E-state index contributed by atoms with van der Waals surface area (Å²) in [7, 11) is 0. The van der Waals surface area contributed by atoms with E-state index in [0.717, 1.165) is 18.7 Å². The Morgan fingerprint density at radius 3 is 2.80 bits per heavy atom. The predicted molar refractivity (Wildman–Crippen MR) is 63.7 cm³/mol. The van der Waals surface area contributed by atoms with Gasteiger partial charge in [0.1, 0.15) is 5.52 Å². The molecule has 1 aromatic heterocycles. The van der Waals surface area contributed by atoms with Gasteiger partial charge in [0.2, 0.25) is 0 Å². The quantitative estimate of drug-likeness (QED) is 0.709. The van der Waals surface area contributed by atoms with E-state index in [4.69, 9.17) is 27.6 Å². The summed E-state index contributed by atoms with van der Waals surface area (Å²) in [5.41, 5.74) is 1.35. The monoisotopic (exact) mass is 305 g/mol. The van der Waals surface area contributed by atoms with E-state index < -0.39 is 0 Å². The second-order valence-corrected chi connectivity index (χ2v) is 5.24. The Morgan fingerprint density at radius 2 is 2.13 bits per heavy atom. The molecule has 5 heteroatoms. The summed E-state index contributed by atoms with van der Waals surface area (Å²) in [6.45, 7) is 0. The van der Waals surface area contributed by atoms with Crippen molar-refractivity contribution in [2.24, 2.45) is 0 Å². The summed E-state index contributed by atoms with van der Waals surface area (Å²) in [4.78, 5) is 4.39. The number of fused-ring (bicyclic) bond motifs is 1. The second-order valence-electron chi connectivity index (χ2n) is 3.66. The molecule has 0 aliphatic heterocycles. The number of hydrogen-bond donors (Lipinski definition) is 0. The first-order valence-electron chi connectivity index (χ1n) is 4.60. The van der Waals surface area contributed by atoms with Crippen molar-refractivity contribution in [1.29, 1.82) is 0 Å². The highest BCUT2D eigenvalue weighted by Crippen LogP contribution is 2.43. The Balaban J connectivity index is 2.29. The Labute approximate surface area is 105 Å². The van der Waals surface area contributed by atoms with E-state index in [0.29, 0.717) is 31.5 Å². The van der Waals surface area contributed by atoms with Crippen LogP contribution in [0, 0.1) is 0 Å². The molecule has 1 aliphatic rings. The normalized spacial score (nSPS) is 16.2. The summed E-state index contributed by atoms with van der Waals surface area (Å²) >= 11 is 15.4. The van der Waals surface area contributed by atoms with Crippen LogP contribution in [0.3, 0.4) is 0 Å². The fraction of sp³-hybridized carbons (Fsp3) is 0.300. The molecule has 15 heavy (non-hydrogen) atoms. The van der Waals surface area contributed by atoms with Gasteiger partial charge in [-0.05, 0) is 28.8 Å². The molecule has 0 radical (unpaired) electrons. The summed E-state index contributed by atoms with van der Waals surface area (Å²) in [6.07, 6.45) is 2.30. The molecule has 0 bridgehead atoms. The molecule has 0 spiro atoms. The first-order chi connectivity index (χ1) is 7.16. The molecule has 78 valence electrons. The van der Waals surface area contributed by atoms with Gasteiger partial charge in [-0.2, -0.15) is 0 Å². The number of aromatic nitrogens is 1. The molecule has 1 saturated carbocycles. The zero-order chi connectivity index (χ0) is 10.6. The number of hydrogen-bond acceptors (Lipinski definition) is 2. The highest BCUT2D eigenvalue weighted by Gasteiger charge is 2.29. The summed E-state index contributed by atoms with van der Waals surface area (Å²) < 4.78 is 6.28. The van der Waals surface area contributed by atoms with Crippen molar-refractivity contribution < 1.29 is 4.42 Å². The topological polar surface area (TPSA) is 26.0 Å². The van der Waals surface area contributed by atoms with Crippen LogP contribution in [0.25, 0.3) is 11.1 Å². The van der Waals surface area contributed by atoms with Crippen molar-refractivity contribution in [3.63, 3.8) is 0 Å². The third kappa shape index (κ3) is 1.57. The summed E-state index contributed by atoms with van der Waals surface area (Å²) in [6, 6.07) is 1.74. The average Bonchev–Trinajstić information content (AvgIpc) is 2.97. The Hall–Kier alpha value is -0.250. The van der Waals surface area contributed by atoms with Gasteiger partial charge in [-0.3, -0.25) is 0 Å². The van der Waals surface area contributed by atoms with Crippen LogP contribution in [0.15, 0.2) is 15.0 Å². The Morgan fingerprint density at radius 1 is 1.40 bits per heavy atom. The third-order valence-electron chi connectivity index (χ3n) is 2.46. The SMILES string of the molecule is Clc1cc2oc(C3CC3)nc2c(Cl)c1Br. The molecule has 2 aromatic rings. The molecule has 1 fully saturated rings. The summed E-state index contributed by atoms with van der Waals surface area (Å²) in [5.74, 6) is 1.26. The van der Waals surface area contributed by atoms with Gasteiger partial charge < -0.3 is 4.42 Å². The van der Waals surface area contributed by atoms with Gasteiger partial charge in [0.25, 0.3) is 0 Å². The molecular weight excluding hydrogens is 301 g/mol. The first kappa shape index (κ1) is 9.94. The highest BCUT2D eigenvalue weighted by atomic mass is 79.9. The molecule has 3 rings (SSSR count). The molecule has 0 amide bonds. The standard InChI is InChI=1S/C10H6BrCl2NO/c11-7-5(12)3-6-9(8(7)13)14-10(15-6)4-1-2-4/h3-4H,1-2H2. The van der Waals surface area contributed by atoms with Crippen molar-refractivity contribution in [2.45, 2.75) is 18.8 Å². The smallest absolute Gasteiger partial charge is 0.198 e. The molecule has 0 N–H and O–H groups in total. The fourth-order valence-electron chi connectivity index (χ4n) is 1.50. The molecule has 2 nitrogen and oxygen atoms in total. The van der Waals surface area contributed by atoms with Crippen LogP contribution in [-0.4, -0.2) is 4.98 Å². The van der Waals surface area contributed by atoms with Crippen LogP contribution in [0.4, 0.5) is 0 Å². The molecule has 0 atom stereocenters. The zero-order valence-corrected chi connectivity index (χ0v) is 10.7. The van der Waals surface area contributed by atoms with Crippen LogP contribution in [0.1, 0.15) is 24.7 Å². The van der Waals surface area contributed by atoms with Gasteiger partial charge in [0, 0.05) is 12.0 Å². The van der Waals surface area contributed by atoms with E-state index >= 15 is 0 Å². The van der Waals surface area contributed by atoms with Gasteiger partial charge >= 0.3 is 0 Å². The van der Waals surface area contributed by atoms with Crippen LogP contribution in [0.2, 0.25) is 10.0 Å².